The molecule has 0 saturated heterocycles. The second kappa shape index (κ2) is 5.47. The van der Waals surface area contributed by atoms with Crippen molar-refractivity contribution in [1.29, 1.82) is 0 Å². The summed E-state index contributed by atoms with van der Waals surface area (Å²) in [6.07, 6.45) is 0.727. The van der Waals surface area contributed by atoms with Gasteiger partial charge in [0.2, 0.25) is 0 Å². The molecule has 0 N–H and O–H groups in total. The Hall–Kier alpha value is -1.13. The number of halogens is 2. The van der Waals surface area contributed by atoms with Crippen LogP contribution in [0.3, 0.4) is 0 Å². The summed E-state index contributed by atoms with van der Waals surface area (Å²) in [6.45, 7) is 0. The maximum absolute atomic E-state index is 5.74. The molecule has 0 saturated carbocycles. The minimum Gasteiger partial charge on any atom is -0.441 e. The maximum Gasteiger partial charge on any atom is 0.196 e. The molecular weight excluding hydrogens is 370 g/mol. The van der Waals surface area contributed by atoms with Crippen LogP contribution in [0.5, 0.6) is 0 Å². The molecule has 1 atom stereocenters. The van der Waals surface area contributed by atoms with Gasteiger partial charge in [0, 0.05) is 15.7 Å². The number of aromatic nitrogens is 1. The van der Waals surface area contributed by atoms with Crippen molar-refractivity contribution in [1.82, 2.24) is 4.98 Å². The Balaban J connectivity index is 1.84. The summed E-state index contributed by atoms with van der Waals surface area (Å²) in [5.41, 5.74) is 2.95. The van der Waals surface area contributed by atoms with Gasteiger partial charge in [0.15, 0.2) is 11.5 Å². The maximum atomic E-state index is 5.74. The lowest BCUT2D eigenvalue weighted by molar-refractivity contribution is 0.527. The van der Waals surface area contributed by atoms with E-state index in [-0.39, 0.29) is 4.83 Å². The van der Waals surface area contributed by atoms with Gasteiger partial charge >= 0.3 is 0 Å². The first-order valence-corrected chi connectivity index (χ1v) is 7.67. The topological polar surface area (TPSA) is 26.0 Å². The Morgan fingerprint density at radius 3 is 2.74 bits per heavy atom. The van der Waals surface area contributed by atoms with E-state index in [1.54, 1.807) is 0 Å². The van der Waals surface area contributed by atoms with E-state index in [2.05, 4.69) is 49.0 Å². The number of para-hydroxylation sites is 2. The van der Waals surface area contributed by atoms with Crippen LogP contribution in [0.15, 0.2) is 57.4 Å². The number of alkyl halides is 1. The van der Waals surface area contributed by atoms with Crippen molar-refractivity contribution in [2.75, 3.05) is 0 Å². The molecule has 3 rings (SSSR count). The van der Waals surface area contributed by atoms with Crippen molar-refractivity contribution in [3.05, 3.63) is 64.5 Å². The fraction of sp³-hybridized carbons (Fsp3) is 0.133. The van der Waals surface area contributed by atoms with E-state index in [1.807, 2.05) is 36.4 Å². The van der Waals surface area contributed by atoms with E-state index in [1.165, 1.54) is 5.56 Å². The van der Waals surface area contributed by atoms with Crippen LogP contribution in [-0.4, -0.2) is 4.98 Å². The van der Waals surface area contributed by atoms with E-state index in [0.717, 1.165) is 27.9 Å². The van der Waals surface area contributed by atoms with E-state index in [9.17, 15) is 0 Å². The van der Waals surface area contributed by atoms with Gasteiger partial charge in [0.25, 0.3) is 0 Å². The lowest BCUT2D eigenvalue weighted by atomic mass is 10.1. The second-order valence-corrected chi connectivity index (χ2v) is 6.32. The number of benzene rings is 2. The largest absolute Gasteiger partial charge is 0.441 e. The van der Waals surface area contributed by atoms with Gasteiger partial charge in [-0.2, -0.15) is 0 Å². The number of hydrogen-bond donors (Lipinski definition) is 0. The smallest absolute Gasteiger partial charge is 0.196 e. The standard InChI is InChI=1S/C15H11Br2NO/c16-11-5-3-4-10(8-11)12(17)9-15-18-13-6-1-2-7-14(13)19-15/h1-8,12H,9H2. The number of hydrogen-bond acceptors (Lipinski definition) is 2. The normalized spacial score (nSPS) is 12.7. The van der Waals surface area contributed by atoms with Gasteiger partial charge in [0.05, 0.1) is 0 Å². The van der Waals surface area contributed by atoms with Crippen LogP contribution in [0.1, 0.15) is 16.3 Å². The van der Waals surface area contributed by atoms with Gasteiger partial charge in [0.1, 0.15) is 5.52 Å². The van der Waals surface area contributed by atoms with Crippen molar-refractivity contribution >= 4 is 43.0 Å². The van der Waals surface area contributed by atoms with E-state index in [4.69, 9.17) is 4.42 Å². The highest BCUT2D eigenvalue weighted by Gasteiger charge is 2.13. The third-order valence-electron chi connectivity index (χ3n) is 2.90. The van der Waals surface area contributed by atoms with Crippen molar-refractivity contribution in [2.24, 2.45) is 0 Å². The molecule has 0 radical (unpaired) electrons. The van der Waals surface area contributed by atoms with Crippen LogP contribution in [0.2, 0.25) is 0 Å². The quantitative estimate of drug-likeness (QED) is 0.578. The molecule has 2 aromatic carbocycles. The molecule has 2 nitrogen and oxygen atoms in total. The highest BCUT2D eigenvalue weighted by molar-refractivity contribution is 9.10. The second-order valence-electron chi connectivity index (χ2n) is 4.30. The Morgan fingerprint density at radius 1 is 1.11 bits per heavy atom. The Labute approximate surface area is 128 Å². The lowest BCUT2D eigenvalue weighted by Crippen LogP contribution is -1.95. The van der Waals surface area contributed by atoms with Crippen molar-refractivity contribution in [2.45, 2.75) is 11.2 Å². The summed E-state index contributed by atoms with van der Waals surface area (Å²) in [6, 6.07) is 16.1. The summed E-state index contributed by atoms with van der Waals surface area (Å²) in [4.78, 5) is 4.68. The Kier molecular flexibility index (Phi) is 3.71. The van der Waals surface area contributed by atoms with Crippen LogP contribution < -0.4 is 0 Å². The molecule has 0 aliphatic heterocycles. The third kappa shape index (κ3) is 2.90. The predicted octanol–water partition coefficient (Wildman–Crippen LogP) is 5.27. The fourth-order valence-corrected chi connectivity index (χ4v) is 2.96. The molecule has 0 bridgehead atoms. The number of rotatable bonds is 3. The van der Waals surface area contributed by atoms with Gasteiger partial charge in [-0.15, -0.1) is 0 Å². The van der Waals surface area contributed by atoms with Gasteiger partial charge in [-0.1, -0.05) is 56.1 Å². The number of fused-ring (bicyclic) bond motifs is 1. The molecule has 0 amide bonds. The van der Waals surface area contributed by atoms with E-state index >= 15 is 0 Å². The molecule has 4 heteroatoms. The summed E-state index contributed by atoms with van der Waals surface area (Å²) in [7, 11) is 0. The monoisotopic (exact) mass is 379 g/mol. The van der Waals surface area contributed by atoms with Crippen LogP contribution in [0.4, 0.5) is 0 Å². The molecular formula is C15H11Br2NO. The minimum atomic E-state index is 0.193. The molecule has 19 heavy (non-hydrogen) atoms. The molecule has 0 spiro atoms. The molecule has 1 aromatic heterocycles. The molecule has 0 aliphatic carbocycles. The molecule has 96 valence electrons. The summed E-state index contributed by atoms with van der Waals surface area (Å²) in [5, 5.41) is 0. The van der Waals surface area contributed by atoms with Gasteiger partial charge in [-0.05, 0) is 29.8 Å². The number of oxazole rings is 1. The summed E-state index contributed by atoms with van der Waals surface area (Å²) in [5.74, 6) is 0.753. The van der Waals surface area contributed by atoms with Crippen LogP contribution in [-0.2, 0) is 6.42 Å². The molecule has 3 aromatic rings. The van der Waals surface area contributed by atoms with Crippen LogP contribution in [0, 0.1) is 0 Å². The summed E-state index contributed by atoms with van der Waals surface area (Å²) < 4.78 is 6.81. The first-order chi connectivity index (χ1) is 9.22. The van der Waals surface area contributed by atoms with Crippen molar-refractivity contribution in [3.8, 4) is 0 Å². The Bertz CT molecular complexity index is 675. The third-order valence-corrected chi connectivity index (χ3v) is 4.25. The van der Waals surface area contributed by atoms with Crippen LogP contribution >= 0.6 is 31.9 Å². The predicted molar refractivity (Wildman–Crippen MR) is 83.5 cm³/mol. The lowest BCUT2D eigenvalue weighted by Gasteiger charge is -2.07. The molecule has 0 fully saturated rings. The van der Waals surface area contributed by atoms with E-state index in [0.29, 0.717) is 0 Å². The highest BCUT2D eigenvalue weighted by atomic mass is 79.9. The average Bonchev–Trinajstić information content (AvgIpc) is 2.80. The van der Waals surface area contributed by atoms with Gasteiger partial charge in [-0.25, -0.2) is 4.98 Å². The first-order valence-electron chi connectivity index (χ1n) is 5.96. The summed E-state index contributed by atoms with van der Waals surface area (Å²) >= 11 is 7.18. The SMILES string of the molecule is Brc1cccc(C(Br)Cc2nc3ccccc3o2)c1. The first kappa shape index (κ1) is 12.9. The number of nitrogens with zero attached hydrogens (tertiary/aromatic N) is 1. The molecule has 1 heterocycles. The average molecular weight is 381 g/mol. The van der Waals surface area contributed by atoms with Gasteiger partial charge in [-0.3, -0.25) is 0 Å². The fourth-order valence-electron chi connectivity index (χ4n) is 1.98. The molecule has 1 unspecified atom stereocenters. The zero-order valence-corrected chi connectivity index (χ0v) is 13.2. The van der Waals surface area contributed by atoms with Crippen LogP contribution in [0.25, 0.3) is 11.1 Å². The van der Waals surface area contributed by atoms with Gasteiger partial charge < -0.3 is 4.42 Å². The molecule has 0 aliphatic rings. The van der Waals surface area contributed by atoms with E-state index < -0.39 is 0 Å². The zero-order valence-electron chi connectivity index (χ0n) is 10.0. The minimum absolute atomic E-state index is 0.193. The van der Waals surface area contributed by atoms with Crippen molar-refractivity contribution < 1.29 is 4.42 Å². The Morgan fingerprint density at radius 2 is 1.95 bits per heavy atom. The zero-order chi connectivity index (χ0) is 13.2. The highest BCUT2D eigenvalue weighted by Crippen LogP contribution is 2.29. The van der Waals surface area contributed by atoms with Crippen molar-refractivity contribution in [3.63, 3.8) is 0 Å².